The molecule has 2 amide bonds. The quantitative estimate of drug-likeness (QED) is 0.254. The zero-order chi connectivity index (χ0) is 32.1. The summed E-state index contributed by atoms with van der Waals surface area (Å²) in [6.07, 6.45) is 1.76. The van der Waals surface area contributed by atoms with Crippen LogP contribution in [0.3, 0.4) is 0 Å². The second-order valence-electron chi connectivity index (χ2n) is 11.1. The molecule has 0 radical (unpaired) electrons. The third-order valence-corrected chi connectivity index (χ3v) is 10.1. The van der Waals surface area contributed by atoms with Gasteiger partial charge < -0.3 is 15.0 Å². The Labute approximate surface area is 268 Å². The molecule has 1 saturated heterocycles. The number of methoxy groups -OCH3 is 1. The second kappa shape index (κ2) is 13.5. The number of hydrogen-bond acceptors (Lipinski definition) is 6. The van der Waals surface area contributed by atoms with Gasteiger partial charge in [0.15, 0.2) is 0 Å². The molecule has 6 rings (SSSR count). The number of sulfonamides is 1. The van der Waals surface area contributed by atoms with Crippen molar-refractivity contribution in [1.29, 1.82) is 0 Å². The van der Waals surface area contributed by atoms with E-state index in [-0.39, 0.29) is 36.9 Å². The van der Waals surface area contributed by atoms with Crippen LogP contribution in [-0.4, -0.2) is 67.2 Å². The molecule has 0 spiro atoms. The first kappa shape index (κ1) is 30.9. The van der Waals surface area contributed by atoms with Crippen LogP contribution >= 0.6 is 0 Å². The van der Waals surface area contributed by atoms with Crippen molar-refractivity contribution in [1.82, 2.24) is 19.5 Å². The Bertz CT molecular complexity index is 1900. The summed E-state index contributed by atoms with van der Waals surface area (Å²) in [4.78, 5) is 33.7. The molecule has 4 aromatic carbocycles. The van der Waals surface area contributed by atoms with E-state index >= 15 is 0 Å². The summed E-state index contributed by atoms with van der Waals surface area (Å²) in [5, 5.41) is 3.79. The van der Waals surface area contributed by atoms with Gasteiger partial charge in [-0.3, -0.25) is 14.6 Å². The maximum absolute atomic E-state index is 14.3. The summed E-state index contributed by atoms with van der Waals surface area (Å²) in [5.41, 5.74) is 3.15. The van der Waals surface area contributed by atoms with Gasteiger partial charge in [0.1, 0.15) is 11.8 Å². The molecular formula is C36H34N4O5S. The summed E-state index contributed by atoms with van der Waals surface area (Å²) in [6, 6.07) is 32.8. The fraction of sp³-hybridized carbons (Fsp3) is 0.194. The first-order valence-electron chi connectivity index (χ1n) is 15.0. The average molecular weight is 635 g/mol. The van der Waals surface area contributed by atoms with Crippen LogP contribution in [0.15, 0.2) is 126 Å². The minimum Gasteiger partial charge on any atom is -0.497 e. The molecule has 10 heteroatoms. The van der Waals surface area contributed by atoms with Crippen LogP contribution in [0.5, 0.6) is 5.75 Å². The van der Waals surface area contributed by atoms with Crippen molar-refractivity contribution >= 4 is 32.7 Å². The molecule has 0 saturated carbocycles. The summed E-state index contributed by atoms with van der Waals surface area (Å²) in [5.74, 6) is -0.00670. The molecule has 1 aliphatic rings. The lowest BCUT2D eigenvalue weighted by Gasteiger charge is -2.40. The summed E-state index contributed by atoms with van der Waals surface area (Å²) >= 11 is 0. The van der Waals surface area contributed by atoms with Gasteiger partial charge >= 0.3 is 0 Å². The molecule has 5 aromatic rings. The van der Waals surface area contributed by atoms with E-state index < -0.39 is 28.0 Å². The van der Waals surface area contributed by atoms with Crippen LogP contribution in [0.1, 0.15) is 22.7 Å². The van der Waals surface area contributed by atoms with Gasteiger partial charge in [-0.25, -0.2) is 8.42 Å². The monoisotopic (exact) mass is 634 g/mol. The van der Waals surface area contributed by atoms with Crippen LogP contribution in [-0.2, 0) is 26.0 Å². The largest absolute Gasteiger partial charge is 0.497 e. The fourth-order valence-electron chi connectivity index (χ4n) is 5.76. The maximum Gasteiger partial charge on any atom is 0.243 e. The Morgan fingerprint density at radius 3 is 2.20 bits per heavy atom. The van der Waals surface area contributed by atoms with Crippen molar-refractivity contribution in [3.8, 4) is 5.75 Å². The fourth-order valence-corrected chi connectivity index (χ4v) is 7.37. The molecule has 1 aromatic heterocycles. The number of fused-ring (bicyclic) bond motifs is 1. The molecule has 234 valence electrons. The lowest BCUT2D eigenvalue weighted by atomic mass is 9.98. The lowest BCUT2D eigenvalue weighted by Crippen LogP contribution is -2.61. The van der Waals surface area contributed by atoms with Gasteiger partial charge in [-0.15, -0.1) is 0 Å². The predicted octanol–water partition coefficient (Wildman–Crippen LogP) is 4.59. The Balaban J connectivity index is 1.32. The highest BCUT2D eigenvalue weighted by molar-refractivity contribution is 7.89. The highest BCUT2D eigenvalue weighted by Gasteiger charge is 2.42. The van der Waals surface area contributed by atoms with Crippen molar-refractivity contribution in [2.45, 2.75) is 23.4 Å². The number of pyridine rings is 1. The molecule has 1 fully saturated rings. The predicted molar refractivity (Wildman–Crippen MR) is 176 cm³/mol. The SMILES string of the molecule is COc1ccc(CC(=O)N2CCN(S(=O)(=O)c3ccc4ncccc4c3)C(C(=O)NC(c3ccccc3)c3ccccc3)C2)cc1. The topological polar surface area (TPSA) is 109 Å². The van der Waals surface area contributed by atoms with Gasteiger partial charge in [0.05, 0.1) is 30.0 Å². The van der Waals surface area contributed by atoms with Crippen LogP contribution in [0.25, 0.3) is 10.9 Å². The van der Waals surface area contributed by atoms with Gasteiger partial charge in [-0.2, -0.15) is 4.31 Å². The highest BCUT2D eigenvalue weighted by Crippen LogP contribution is 2.27. The number of amides is 2. The van der Waals surface area contributed by atoms with Gasteiger partial charge in [0.25, 0.3) is 0 Å². The van der Waals surface area contributed by atoms with E-state index in [0.29, 0.717) is 16.7 Å². The number of piperazine rings is 1. The average Bonchev–Trinajstić information content (AvgIpc) is 3.11. The van der Waals surface area contributed by atoms with Crippen LogP contribution in [0.4, 0.5) is 0 Å². The molecule has 1 N–H and O–H groups in total. The van der Waals surface area contributed by atoms with Crippen LogP contribution in [0, 0.1) is 0 Å². The highest BCUT2D eigenvalue weighted by atomic mass is 32.2. The lowest BCUT2D eigenvalue weighted by molar-refractivity contribution is -0.135. The minimum absolute atomic E-state index is 0.0405. The Morgan fingerprint density at radius 1 is 0.870 bits per heavy atom. The number of benzene rings is 4. The number of hydrogen-bond donors (Lipinski definition) is 1. The van der Waals surface area contributed by atoms with Crippen molar-refractivity contribution in [3.05, 3.63) is 138 Å². The summed E-state index contributed by atoms with van der Waals surface area (Å²) < 4.78 is 34.9. The van der Waals surface area contributed by atoms with Gasteiger partial charge in [-0.1, -0.05) is 78.9 Å². The summed E-state index contributed by atoms with van der Waals surface area (Å²) in [7, 11) is -2.56. The number of aromatic nitrogens is 1. The standard InChI is InChI=1S/C36H34N4O5S/c1-45-30-16-14-26(15-17-30)23-34(41)39-21-22-40(46(43,44)31-18-19-32-29(24-31)13-8-20-37-32)33(25-39)36(42)38-35(27-9-4-2-5-10-27)28-11-6-3-7-12-28/h2-20,24,33,35H,21-23,25H2,1H3,(H,38,42). The zero-order valence-electron chi connectivity index (χ0n) is 25.3. The normalized spacial score (nSPS) is 15.5. The van der Waals surface area contributed by atoms with E-state index in [2.05, 4.69) is 10.3 Å². The van der Waals surface area contributed by atoms with E-state index in [1.54, 1.807) is 54.6 Å². The number of nitrogens with zero attached hydrogens (tertiary/aromatic N) is 3. The molecule has 1 atom stereocenters. The molecule has 9 nitrogen and oxygen atoms in total. The van der Waals surface area contributed by atoms with E-state index in [1.165, 1.54) is 10.4 Å². The van der Waals surface area contributed by atoms with Crippen molar-refractivity contribution in [3.63, 3.8) is 0 Å². The Morgan fingerprint density at radius 2 is 1.54 bits per heavy atom. The molecule has 0 bridgehead atoms. The molecule has 1 unspecified atom stereocenters. The van der Waals surface area contributed by atoms with E-state index in [4.69, 9.17) is 4.74 Å². The van der Waals surface area contributed by atoms with Gasteiger partial charge in [-0.05, 0) is 53.1 Å². The number of nitrogens with one attached hydrogen (secondary N) is 1. The minimum atomic E-state index is -4.14. The van der Waals surface area contributed by atoms with Crippen LogP contribution in [0.2, 0.25) is 0 Å². The molecule has 0 aliphatic carbocycles. The van der Waals surface area contributed by atoms with Crippen molar-refractivity contribution in [2.24, 2.45) is 0 Å². The van der Waals surface area contributed by atoms with E-state index in [9.17, 15) is 18.0 Å². The number of ether oxygens (including phenoxy) is 1. The third-order valence-electron chi connectivity index (χ3n) is 8.23. The number of carbonyl (C=O) groups excluding carboxylic acids is 2. The first-order valence-corrected chi connectivity index (χ1v) is 16.4. The smallest absolute Gasteiger partial charge is 0.243 e. The van der Waals surface area contributed by atoms with E-state index in [1.807, 2.05) is 72.8 Å². The zero-order valence-corrected chi connectivity index (χ0v) is 26.1. The maximum atomic E-state index is 14.3. The molecular weight excluding hydrogens is 600 g/mol. The summed E-state index contributed by atoms with van der Waals surface area (Å²) in [6.45, 7) is 0.0145. The molecule has 46 heavy (non-hydrogen) atoms. The Hall–Kier alpha value is -5.06. The first-order chi connectivity index (χ1) is 22.3. The van der Waals surface area contributed by atoms with E-state index in [0.717, 1.165) is 16.7 Å². The van der Waals surface area contributed by atoms with Crippen molar-refractivity contribution < 1.29 is 22.7 Å². The molecule has 2 heterocycles. The second-order valence-corrected chi connectivity index (χ2v) is 13.0. The number of rotatable bonds is 9. The van der Waals surface area contributed by atoms with Crippen LogP contribution < -0.4 is 10.1 Å². The Kier molecular flexibility index (Phi) is 9.09. The number of carbonyl (C=O) groups is 2. The van der Waals surface area contributed by atoms with Gasteiger partial charge in [0.2, 0.25) is 21.8 Å². The van der Waals surface area contributed by atoms with Crippen molar-refractivity contribution in [2.75, 3.05) is 26.7 Å². The van der Waals surface area contributed by atoms with Gasteiger partial charge in [0, 0.05) is 31.2 Å². The molecule has 1 aliphatic heterocycles. The third kappa shape index (κ3) is 6.63.